The Labute approximate surface area is 222 Å². The molecule has 198 valence electrons. The molecule has 2 aromatic heterocycles. The van der Waals surface area contributed by atoms with Gasteiger partial charge in [-0.05, 0) is 36.2 Å². The molecule has 3 heterocycles. The number of hydrogen-bond acceptors (Lipinski definition) is 10. The highest BCUT2D eigenvalue weighted by atomic mass is 32.2. The van der Waals surface area contributed by atoms with Crippen molar-refractivity contribution in [3.05, 3.63) is 48.3 Å². The number of ether oxygens (including phenoxy) is 2. The van der Waals surface area contributed by atoms with Crippen molar-refractivity contribution >= 4 is 40.3 Å². The zero-order chi connectivity index (χ0) is 26.6. The summed E-state index contributed by atoms with van der Waals surface area (Å²) in [5.41, 5.74) is 7.09. The quantitative estimate of drug-likeness (QED) is 0.236. The minimum Gasteiger partial charge on any atom is -0.494 e. The first-order chi connectivity index (χ1) is 18.5. The lowest BCUT2D eigenvalue weighted by atomic mass is 10.0. The van der Waals surface area contributed by atoms with Crippen molar-refractivity contribution in [1.29, 1.82) is 0 Å². The van der Waals surface area contributed by atoms with E-state index >= 15 is 8.78 Å². The topological polar surface area (TPSA) is 111 Å². The third-order valence-corrected chi connectivity index (χ3v) is 7.05. The van der Waals surface area contributed by atoms with Gasteiger partial charge >= 0.3 is 0 Å². The average molecular weight is 540 g/mol. The minimum absolute atomic E-state index is 0.138. The molecule has 12 heteroatoms. The van der Waals surface area contributed by atoms with Crippen LogP contribution >= 0.6 is 11.9 Å². The Morgan fingerprint density at radius 2 is 1.87 bits per heavy atom. The summed E-state index contributed by atoms with van der Waals surface area (Å²) < 4.78 is 44.9. The summed E-state index contributed by atoms with van der Waals surface area (Å²) in [6.07, 6.45) is 4.02. The molecule has 1 saturated heterocycles. The average Bonchev–Trinajstić information content (AvgIpc) is 2.94. The molecule has 0 spiro atoms. The normalized spacial score (nSPS) is 13.6. The third-order valence-electron chi connectivity index (χ3n) is 6.07. The highest BCUT2D eigenvalue weighted by Gasteiger charge is 2.23. The maximum absolute atomic E-state index is 15.6. The molecule has 3 N–H and O–H groups in total. The van der Waals surface area contributed by atoms with Crippen LogP contribution in [-0.4, -0.2) is 59.1 Å². The van der Waals surface area contributed by atoms with Crippen LogP contribution in [0.4, 0.5) is 26.2 Å². The number of nitrogen functional groups attached to an aromatic ring is 1. The SMILES string of the molecule is CCCSNc1ccc(F)c(-c2cc(OC)c3nc(-c4cnc(N)nc4)nc(N4CCOCC4)c3c2)c1F. The number of nitrogens with two attached hydrogens (primary N) is 1. The molecular formula is C26H27F2N7O2S. The highest BCUT2D eigenvalue weighted by Crippen LogP contribution is 2.40. The van der Waals surface area contributed by atoms with Gasteiger partial charge in [0, 0.05) is 36.6 Å². The summed E-state index contributed by atoms with van der Waals surface area (Å²) in [4.78, 5) is 19.7. The van der Waals surface area contributed by atoms with Gasteiger partial charge in [0.1, 0.15) is 22.9 Å². The number of aromatic nitrogens is 4. The van der Waals surface area contributed by atoms with Crippen molar-refractivity contribution in [1.82, 2.24) is 19.9 Å². The van der Waals surface area contributed by atoms with Crippen LogP contribution in [0.1, 0.15) is 13.3 Å². The zero-order valence-corrected chi connectivity index (χ0v) is 21.8. The molecule has 2 aromatic carbocycles. The first kappa shape index (κ1) is 25.9. The molecular weight excluding hydrogens is 512 g/mol. The van der Waals surface area contributed by atoms with Crippen molar-refractivity contribution in [3.63, 3.8) is 0 Å². The molecule has 0 amide bonds. The Kier molecular flexibility index (Phi) is 7.70. The molecule has 0 radical (unpaired) electrons. The Bertz CT molecular complexity index is 1450. The maximum atomic E-state index is 15.6. The van der Waals surface area contributed by atoms with Gasteiger partial charge < -0.3 is 24.8 Å². The fourth-order valence-corrected chi connectivity index (χ4v) is 4.83. The van der Waals surface area contributed by atoms with E-state index in [0.29, 0.717) is 65.7 Å². The minimum atomic E-state index is -0.681. The largest absolute Gasteiger partial charge is 0.494 e. The number of morpholine rings is 1. The molecule has 0 atom stereocenters. The van der Waals surface area contributed by atoms with Crippen molar-refractivity contribution in [2.45, 2.75) is 13.3 Å². The van der Waals surface area contributed by atoms with Gasteiger partial charge in [-0.25, -0.2) is 28.7 Å². The van der Waals surface area contributed by atoms with Crippen LogP contribution in [0.3, 0.4) is 0 Å². The monoisotopic (exact) mass is 539 g/mol. The Hall–Kier alpha value is -3.77. The van der Waals surface area contributed by atoms with Gasteiger partial charge in [-0.15, -0.1) is 0 Å². The maximum Gasteiger partial charge on any atom is 0.219 e. The van der Waals surface area contributed by atoms with Gasteiger partial charge in [0.25, 0.3) is 0 Å². The number of nitrogens with zero attached hydrogens (tertiary/aromatic N) is 5. The summed E-state index contributed by atoms with van der Waals surface area (Å²) in [5, 5.41) is 0.596. The molecule has 0 aliphatic carbocycles. The van der Waals surface area contributed by atoms with Crippen molar-refractivity contribution in [2.75, 3.05) is 54.5 Å². The van der Waals surface area contributed by atoms with Gasteiger partial charge in [-0.3, -0.25) is 0 Å². The number of anilines is 3. The number of nitrogens with one attached hydrogen (secondary N) is 1. The second kappa shape index (κ2) is 11.3. The Morgan fingerprint density at radius 3 is 2.58 bits per heavy atom. The zero-order valence-electron chi connectivity index (χ0n) is 21.0. The summed E-state index contributed by atoms with van der Waals surface area (Å²) in [5.74, 6) is 0.889. The molecule has 4 aromatic rings. The van der Waals surface area contributed by atoms with Crippen LogP contribution in [-0.2, 0) is 4.74 Å². The van der Waals surface area contributed by atoms with E-state index in [-0.39, 0.29) is 17.2 Å². The van der Waals surface area contributed by atoms with Crippen LogP contribution in [0.25, 0.3) is 33.4 Å². The van der Waals surface area contributed by atoms with Crippen molar-refractivity contribution in [2.24, 2.45) is 0 Å². The summed E-state index contributed by atoms with van der Waals surface area (Å²) in [7, 11) is 1.49. The summed E-state index contributed by atoms with van der Waals surface area (Å²) in [6, 6.07) is 5.95. The van der Waals surface area contributed by atoms with E-state index in [4.69, 9.17) is 25.2 Å². The van der Waals surface area contributed by atoms with Gasteiger partial charge in [-0.1, -0.05) is 18.9 Å². The van der Waals surface area contributed by atoms with E-state index in [9.17, 15) is 0 Å². The van der Waals surface area contributed by atoms with Gasteiger partial charge in [0.15, 0.2) is 11.6 Å². The van der Waals surface area contributed by atoms with Crippen LogP contribution < -0.4 is 20.1 Å². The van der Waals surface area contributed by atoms with Crippen LogP contribution in [0.2, 0.25) is 0 Å². The van der Waals surface area contributed by atoms with E-state index in [0.717, 1.165) is 12.2 Å². The fourth-order valence-electron chi connectivity index (χ4n) is 4.21. The lowest BCUT2D eigenvalue weighted by Gasteiger charge is -2.29. The Balaban J connectivity index is 1.71. The molecule has 1 aliphatic rings. The lowest BCUT2D eigenvalue weighted by Crippen LogP contribution is -2.37. The third kappa shape index (κ3) is 5.14. The number of rotatable bonds is 8. The number of fused-ring (bicyclic) bond motifs is 1. The van der Waals surface area contributed by atoms with Gasteiger partial charge in [0.2, 0.25) is 5.95 Å². The standard InChI is InChI=1S/C26H27F2N7O2S/c1-3-10-38-34-19-5-4-18(27)21(22(19)28)15-11-17-23(20(12-15)36-2)32-24(16-13-30-26(29)31-14-16)33-25(17)35-6-8-37-9-7-35/h4-5,11-14,34H,3,6-10H2,1-2H3,(H2,29,30,31). The molecule has 5 rings (SSSR count). The predicted molar refractivity (Wildman–Crippen MR) is 146 cm³/mol. The molecule has 9 nitrogen and oxygen atoms in total. The van der Waals surface area contributed by atoms with Crippen LogP contribution in [0, 0.1) is 11.6 Å². The van der Waals surface area contributed by atoms with Crippen LogP contribution in [0.15, 0.2) is 36.7 Å². The first-order valence-corrected chi connectivity index (χ1v) is 13.1. The molecule has 38 heavy (non-hydrogen) atoms. The molecule has 0 unspecified atom stereocenters. The molecule has 1 fully saturated rings. The smallest absolute Gasteiger partial charge is 0.219 e. The molecule has 1 aliphatic heterocycles. The van der Waals surface area contributed by atoms with Crippen molar-refractivity contribution in [3.8, 4) is 28.3 Å². The van der Waals surface area contributed by atoms with Crippen LogP contribution in [0.5, 0.6) is 5.75 Å². The lowest BCUT2D eigenvalue weighted by molar-refractivity contribution is 0.122. The number of benzene rings is 2. The van der Waals surface area contributed by atoms with Gasteiger partial charge in [0.05, 0.1) is 37.1 Å². The number of hydrogen-bond donors (Lipinski definition) is 2. The molecule has 0 saturated carbocycles. The van der Waals surface area contributed by atoms with E-state index < -0.39 is 11.6 Å². The van der Waals surface area contributed by atoms with Crippen molar-refractivity contribution < 1.29 is 18.3 Å². The Morgan fingerprint density at radius 1 is 1.11 bits per heavy atom. The number of halogens is 2. The van der Waals surface area contributed by atoms with E-state index in [1.165, 1.54) is 31.2 Å². The van der Waals surface area contributed by atoms with Gasteiger partial charge in [-0.2, -0.15) is 0 Å². The second-order valence-electron chi connectivity index (χ2n) is 8.61. The summed E-state index contributed by atoms with van der Waals surface area (Å²) in [6.45, 7) is 4.26. The second-order valence-corrected chi connectivity index (χ2v) is 9.51. The van der Waals surface area contributed by atoms with E-state index in [1.807, 2.05) is 6.92 Å². The molecule has 0 bridgehead atoms. The summed E-state index contributed by atoms with van der Waals surface area (Å²) >= 11 is 1.37. The predicted octanol–water partition coefficient (Wildman–Crippen LogP) is 4.93. The number of methoxy groups -OCH3 is 1. The highest BCUT2D eigenvalue weighted by molar-refractivity contribution is 8.00. The van der Waals surface area contributed by atoms with E-state index in [1.54, 1.807) is 24.5 Å². The van der Waals surface area contributed by atoms with E-state index in [2.05, 4.69) is 19.6 Å². The first-order valence-electron chi connectivity index (χ1n) is 12.2. The fraction of sp³-hybridized carbons (Fsp3) is 0.308.